The van der Waals surface area contributed by atoms with Gasteiger partial charge in [-0.05, 0) is 6.42 Å². The first-order valence-electron chi connectivity index (χ1n) is 8.24. The van der Waals surface area contributed by atoms with Crippen molar-refractivity contribution in [3.8, 4) is 0 Å². The van der Waals surface area contributed by atoms with Crippen LogP contribution in [0.25, 0.3) is 0 Å². The lowest BCUT2D eigenvalue weighted by atomic mass is 10.1. The van der Waals surface area contributed by atoms with Crippen LogP contribution < -0.4 is 5.32 Å². The Bertz CT molecular complexity index is 300. The third-order valence-corrected chi connectivity index (χ3v) is 3.40. The number of amides is 1. The van der Waals surface area contributed by atoms with Gasteiger partial charge in [0, 0.05) is 18.7 Å². The van der Waals surface area contributed by atoms with Gasteiger partial charge in [-0.2, -0.15) is 0 Å². The number of carbonyl (C=O) groups is 2. The summed E-state index contributed by atoms with van der Waals surface area (Å²) in [6.45, 7) is 2.91. The van der Waals surface area contributed by atoms with Gasteiger partial charge in [-0.3, -0.25) is 4.79 Å². The van der Waals surface area contributed by atoms with Crippen LogP contribution in [0.1, 0.15) is 71.1 Å². The molecule has 0 aliphatic rings. The highest BCUT2D eigenvalue weighted by molar-refractivity contribution is 5.94. The lowest BCUT2D eigenvalue weighted by Gasteiger charge is -2.03. The van der Waals surface area contributed by atoms with Crippen molar-refractivity contribution in [2.24, 2.45) is 0 Å². The van der Waals surface area contributed by atoms with Crippen molar-refractivity contribution in [3.05, 3.63) is 12.2 Å². The van der Waals surface area contributed by atoms with Crippen LogP contribution in [0.2, 0.25) is 0 Å². The van der Waals surface area contributed by atoms with Crippen LogP contribution in [0, 0.1) is 0 Å². The molecule has 0 atom stereocenters. The Kier molecular flexibility index (Phi) is 14.1. The molecule has 0 spiro atoms. The summed E-state index contributed by atoms with van der Waals surface area (Å²) in [6, 6.07) is 0. The zero-order chi connectivity index (χ0) is 15.8. The quantitative estimate of drug-likeness (QED) is 0.320. The van der Waals surface area contributed by atoms with Crippen molar-refractivity contribution in [2.75, 3.05) is 13.7 Å². The van der Waals surface area contributed by atoms with Gasteiger partial charge >= 0.3 is 5.97 Å². The summed E-state index contributed by atoms with van der Waals surface area (Å²) in [5, 5.41) is 2.75. The molecular weight excluding hydrogens is 266 g/mol. The summed E-state index contributed by atoms with van der Waals surface area (Å²) in [5.41, 5.74) is 0. The zero-order valence-corrected chi connectivity index (χ0v) is 13.7. The van der Waals surface area contributed by atoms with Crippen LogP contribution in [0.3, 0.4) is 0 Å². The molecule has 21 heavy (non-hydrogen) atoms. The second kappa shape index (κ2) is 15.1. The molecule has 0 heterocycles. The molecule has 0 rings (SSSR count). The van der Waals surface area contributed by atoms with Crippen molar-refractivity contribution in [2.45, 2.75) is 71.1 Å². The highest BCUT2D eigenvalue weighted by Crippen LogP contribution is 2.10. The molecule has 4 heteroatoms. The second-order valence-corrected chi connectivity index (χ2v) is 5.33. The predicted octanol–water partition coefficient (Wildman–Crippen LogP) is 3.75. The lowest BCUT2D eigenvalue weighted by molar-refractivity contribution is -0.135. The van der Waals surface area contributed by atoms with E-state index in [0.29, 0.717) is 6.54 Å². The van der Waals surface area contributed by atoms with Gasteiger partial charge in [0.25, 0.3) is 0 Å². The summed E-state index contributed by atoms with van der Waals surface area (Å²) < 4.78 is 4.41. The second-order valence-electron chi connectivity index (χ2n) is 5.33. The molecule has 0 aliphatic carbocycles. The topological polar surface area (TPSA) is 55.4 Å². The fourth-order valence-electron chi connectivity index (χ4n) is 2.09. The number of nitrogens with one attached hydrogen (secondary N) is 1. The molecule has 0 aromatic heterocycles. The third kappa shape index (κ3) is 14.9. The maximum atomic E-state index is 11.3. The first-order chi connectivity index (χ1) is 10.2. The van der Waals surface area contributed by atoms with Gasteiger partial charge in [0.05, 0.1) is 7.11 Å². The highest BCUT2D eigenvalue weighted by atomic mass is 16.5. The van der Waals surface area contributed by atoms with E-state index < -0.39 is 5.97 Å². The molecular formula is C17H31NO3. The molecule has 0 aromatic carbocycles. The molecule has 0 bridgehead atoms. The van der Waals surface area contributed by atoms with Crippen molar-refractivity contribution in [1.82, 2.24) is 5.32 Å². The Hall–Kier alpha value is -1.32. The van der Waals surface area contributed by atoms with E-state index in [1.54, 1.807) is 0 Å². The summed E-state index contributed by atoms with van der Waals surface area (Å²) in [4.78, 5) is 22.1. The number of carbonyl (C=O) groups excluding carboxylic acids is 2. The van der Waals surface area contributed by atoms with E-state index in [9.17, 15) is 9.59 Å². The summed E-state index contributed by atoms with van der Waals surface area (Å²) in [7, 11) is 1.29. The van der Waals surface area contributed by atoms with E-state index >= 15 is 0 Å². The maximum Gasteiger partial charge on any atom is 0.330 e. The number of hydrogen-bond donors (Lipinski definition) is 1. The molecule has 4 nitrogen and oxygen atoms in total. The van der Waals surface area contributed by atoms with E-state index in [1.807, 2.05) is 0 Å². The molecule has 0 saturated heterocycles. The minimum Gasteiger partial charge on any atom is -0.466 e. The molecule has 0 aliphatic heterocycles. The van der Waals surface area contributed by atoms with Crippen molar-refractivity contribution in [1.29, 1.82) is 0 Å². The van der Waals surface area contributed by atoms with E-state index in [4.69, 9.17) is 0 Å². The standard InChI is InChI=1S/C17H31NO3/c1-3-4-5-6-7-8-9-10-11-12-15-18-16(19)13-14-17(20)21-2/h13-14H,3-12,15H2,1-2H3,(H,18,19). The molecule has 0 radical (unpaired) electrons. The Labute approximate surface area is 129 Å². The summed E-state index contributed by atoms with van der Waals surface area (Å²) in [5.74, 6) is -0.750. The smallest absolute Gasteiger partial charge is 0.330 e. The van der Waals surface area contributed by atoms with Crippen LogP contribution in [0.4, 0.5) is 0 Å². The fourth-order valence-corrected chi connectivity index (χ4v) is 2.09. The number of hydrogen-bond acceptors (Lipinski definition) is 3. The van der Waals surface area contributed by atoms with E-state index in [1.165, 1.54) is 64.6 Å². The number of methoxy groups -OCH3 is 1. The summed E-state index contributed by atoms with van der Waals surface area (Å²) >= 11 is 0. The minimum atomic E-state index is -0.510. The molecule has 0 aromatic rings. The van der Waals surface area contributed by atoms with Crippen LogP contribution in [0.15, 0.2) is 12.2 Å². The van der Waals surface area contributed by atoms with E-state index in [0.717, 1.165) is 18.9 Å². The van der Waals surface area contributed by atoms with Crippen molar-refractivity contribution < 1.29 is 14.3 Å². The average Bonchev–Trinajstić information content (AvgIpc) is 2.50. The first kappa shape index (κ1) is 19.7. The molecule has 1 N–H and O–H groups in total. The van der Waals surface area contributed by atoms with Crippen LogP contribution >= 0.6 is 0 Å². The molecule has 0 fully saturated rings. The predicted molar refractivity (Wildman–Crippen MR) is 86.0 cm³/mol. The van der Waals surface area contributed by atoms with Gasteiger partial charge in [0.1, 0.15) is 0 Å². The van der Waals surface area contributed by atoms with E-state index in [2.05, 4.69) is 17.0 Å². The van der Waals surface area contributed by atoms with Crippen molar-refractivity contribution >= 4 is 11.9 Å². The zero-order valence-electron chi connectivity index (χ0n) is 13.7. The average molecular weight is 297 g/mol. The Morgan fingerprint density at radius 2 is 1.38 bits per heavy atom. The van der Waals surface area contributed by atoms with E-state index in [-0.39, 0.29) is 5.91 Å². The Morgan fingerprint density at radius 3 is 1.90 bits per heavy atom. The largest absolute Gasteiger partial charge is 0.466 e. The molecule has 0 unspecified atom stereocenters. The maximum absolute atomic E-state index is 11.3. The Balaban J connectivity index is 3.27. The highest BCUT2D eigenvalue weighted by Gasteiger charge is 1.97. The number of unbranched alkanes of at least 4 members (excludes halogenated alkanes) is 9. The number of ether oxygens (including phenoxy) is 1. The van der Waals surface area contributed by atoms with Gasteiger partial charge in [-0.1, -0.05) is 64.7 Å². The van der Waals surface area contributed by atoms with Crippen LogP contribution in [-0.2, 0) is 14.3 Å². The Morgan fingerprint density at radius 1 is 0.857 bits per heavy atom. The number of esters is 1. The van der Waals surface area contributed by atoms with Gasteiger partial charge in [-0.15, -0.1) is 0 Å². The van der Waals surface area contributed by atoms with Crippen LogP contribution in [0.5, 0.6) is 0 Å². The van der Waals surface area contributed by atoms with Gasteiger partial charge in [0.2, 0.25) is 5.91 Å². The van der Waals surface area contributed by atoms with Gasteiger partial charge in [0.15, 0.2) is 0 Å². The molecule has 0 saturated carbocycles. The lowest BCUT2D eigenvalue weighted by Crippen LogP contribution is -2.22. The fraction of sp³-hybridized carbons (Fsp3) is 0.765. The number of rotatable bonds is 13. The van der Waals surface area contributed by atoms with Gasteiger partial charge < -0.3 is 10.1 Å². The molecule has 1 amide bonds. The SMILES string of the molecule is CCCCCCCCCCCCNC(=O)C=CC(=O)OC. The normalized spacial score (nSPS) is 10.8. The first-order valence-corrected chi connectivity index (χ1v) is 8.24. The summed E-state index contributed by atoms with van der Waals surface area (Å²) in [6.07, 6.45) is 15.1. The third-order valence-electron chi connectivity index (χ3n) is 3.40. The molecule has 122 valence electrons. The minimum absolute atomic E-state index is 0.240. The van der Waals surface area contributed by atoms with Gasteiger partial charge in [-0.25, -0.2) is 4.79 Å². The van der Waals surface area contributed by atoms with Crippen LogP contribution in [-0.4, -0.2) is 25.5 Å². The monoisotopic (exact) mass is 297 g/mol. The van der Waals surface area contributed by atoms with Crippen molar-refractivity contribution in [3.63, 3.8) is 0 Å².